The number of aryl methyl sites for hydroxylation is 4. The second kappa shape index (κ2) is 8.18. The van der Waals surface area contributed by atoms with Crippen molar-refractivity contribution < 1.29 is 4.42 Å². The number of rotatable bonds is 6. The van der Waals surface area contributed by atoms with Gasteiger partial charge in [0.1, 0.15) is 12.3 Å². The molecule has 2 aromatic heterocycles. The van der Waals surface area contributed by atoms with Crippen LogP contribution in [-0.4, -0.2) is 33.3 Å². The number of oxazole rings is 1. The highest BCUT2D eigenvalue weighted by Gasteiger charge is 2.14. The van der Waals surface area contributed by atoms with Crippen LogP contribution in [0.4, 0.5) is 0 Å². The molecule has 0 radical (unpaired) electrons. The monoisotopic (exact) mass is 346 g/mol. The van der Waals surface area contributed by atoms with Crippen LogP contribution in [0.1, 0.15) is 48.1 Å². The summed E-state index contributed by atoms with van der Waals surface area (Å²) in [5.74, 6) is 2.25. The first-order valence-corrected chi connectivity index (χ1v) is 8.78. The lowest BCUT2D eigenvalue weighted by Crippen LogP contribution is -2.43. The maximum absolute atomic E-state index is 5.59. The van der Waals surface area contributed by atoms with E-state index in [2.05, 4.69) is 53.4 Å². The third-order valence-electron chi connectivity index (χ3n) is 4.34. The maximum Gasteiger partial charge on any atom is 0.216 e. The predicted octanol–water partition coefficient (Wildman–Crippen LogP) is 2.33. The Balaban J connectivity index is 2.03. The van der Waals surface area contributed by atoms with Crippen molar-refractivity contribution in [3.05, 3.63) is 34.3 Å². The topological polar surface area (TPSA) is 80.3 Å². The van der Waals surface area contributed by atoms with Crippen LogP contribution in [0.25, 0.3) is 0 Å². The standard InChI is InChI=1S/C18H30N6O/c1-8-19-18(20-10-17-22-12(3)15(6)25-17)21-11(2)9-16-13(4)23-24(7)14(16)5/h11H,8-10H2,1-7H3,(H2,19,20,21). The van der Waals surface area contributed by atoms with Crippen molar-refractivity contribution in [1.82, 2.24) is 25.4 Å². The summed E-state index contributed by atoms with van der Waals surface area (Å²) in [6.07, 6.45) is 0.896. The van der Waals surface area contributed by atoms with Crippen LogP contribution in [0.2, 0.25) is 0 Å². The molecule has 0 aliphatic heterocycles. The van der Waals surface area contributed by atoms with Gasteiger partial charge >= 0.3 is 0 Å². The van der Waals surface area contributed by atoms with E-state index < -0.39 is 0 Å². The number of aromatic nitrogens is 3. The number of hydrogen-bond donors (Lipinski definition) is 2. The molecule has 0 spiro atoms. The second-order valence-electron chi connectivity index (χ2n) is 6.47. The van der Waals surface area contributed by atoms with Crippen molar-refractivity contribution >= 4 is 5.96 Å². The average molecular weight is 346 g/mol. The molecule has 0 fully saturated rings. The highest BCUT2D eigenvalue weighted by Crippen LogP contribution is 2.14. The Bertz CT molecular complexity index is 724. The Labute approximate surface area is 149 Å². The van der Waals surface area contributed by atoms with Crippen molar-refractivity contribution in [2.24, 2.45) is 12.0 Å². The van der Waals surface area contributed by atoms with Gasteiger partial charge in [-0.1, -0.05) is 0 Å². The van der Waals surface area contributed by atoms with Crippen LogP contribution in [0.3, 0.4) is 0 Å². The van der Waals surface area contributed by atoms with E-state index in [1.54, 1.807) is 0 Å². The van der Waals surface area contributed by atoms with Crippen LogP contribution < -0.4 is 10.6 Å². The summed E-state index contributed by atoms with van der Waals surface area (Å²) < 4.78 is 7.53. The zero-order valence-electron chi connectivity index (χ0n) is 16.4. The Kier molecular flexibility index (Phi) is 6.22. The predicted molar refractivity (Wildman–Crippen MR) is 99.8 cm³/mol. The molecule has 0 bridgehead atoms. The zero-order chi connectivity index (χ0) is 18.6. The largest absolute Gasteiger partial charge is 0.444 e. The summed E-state index contributed by atoms with van der Waals surface area (Å²) in [6, 6.07) is 0.229. The Hall–Kier alpha value is -2.31. The van der Waals surface area contributed by atoms with Gasteiger partial charge in [-0.3, -0.25) is 4.68 Å². The molecule has 0 aliphatic rings. The maximum atomic E-state index is 5.59. The SMILES string of the molecule is CCNC(=NCc1nc(C)c(C)o1)NC(C)Cc1c(C)nn(C)c1C. The number of hydrogen-bond acceptors (Lipinski definition) is 4. The zero-order valence-corrected chi connectivity index (χ0v) is 16.4. The fraction of sp³-hybridized carbons (Fsp3) is 0.611. The molecule has 2 rings (SSSR count). The first kappa shape index (κ1) is 19.0. The molecule has 0 amide bonds. The van der Waals surface area contributed by atoms with Crippen molar-refractivity contribution in [3.63, 3.8) is 0 Å². The molecule has 2 aromatic rings. The molecule has 0 saturated heterocycles. The summed E-state index contributed by atoms with van der Waals surface area (Å²) in [6.45, 7) is 13.4. The Morgan fingerprint density at radius 3 is 2.48 bits per heavy atom. The van der Waals surface area contributed by atoms with E-state index in [9.17, 15) is 0 Å². The fourth-order valence-corrected chi connectivity index (χ4v) is 2.78. The van der Waals surface area contributed by atoms with Gasteiger partial charge in [0.25, 0.3) is 0 Å². The summed E-state index contributed by atoms with van der Waals surface area (Å²) in [7, 11) is 1.98. The minimum atomic E-state index is 0.229. The smallest absolute Gasteiger partial charge is 0.216 e. The van der Waals surface area contributed by atoms with Crippen LogP contribution in [-0.2, 0) is 20.0 Å². The fourth-order valence-electron chi connectivity index (χ4n) is 2.78. The van der Waals surface area contributed by atoms with E-state index in [1.165, 1.54) is 11.3 Å². The molecule has 138 valence electrons. The van der Waals surface area contributed by atoms with Crippen molar-refractivity contribution in [2.75, 3.05) is 6.54 Å². The van der Waals surface area contributed by atoms with Crippen LogP contribution in [0, 0.1) is 27.7 Å². The second-order valence-corrected chi connectivity index (χ2v) is 6.47. The van der Waals surface area contributed by atoms with Crippen LogP contribution in [0.5, 0.6) is 0 Å². The summed E-state index contributed by atoms with van der Waals surface area (Å²) in [5.41, 5.74) is 4.50. The molecular weight excluding hydrogens is 316 g/mol. The van der Waals surface area contributed by atoms with Crippen molar-refractivity contribution in [2.45, 2.75) is 60.5 Å². The number of guanidine groups is 1. The highest BCUT2D eigenvalue weighted by atomic mass is 16.4. The molecule has 1 atom stereocenters. The molecule has 7 nitrogen and oxygen atoms in total. The van der Waals surface area contributed by atoms with Gasteiger partial charge in [-0.05, 0) is 53.5 Å². The van der Waals surface area contributed by atoms with Gasteiger partial charge in [0, 0.05) is 25.3 Å². The van der Waals surface area contributed by atoms with E-state index in [4.69, 9.17) is 4.42 Å². The van der Waals surface area contributed by atoms with Gasteiger partial charge in [-0.2, -0.15) is 5.10 Å². The Morgan fingerprint density at radius 2 is 1.96 bits per heavy atom. The van der Waals surface area contributed by atoms with E-state index in [1.807, 2.05) is 25.6 Å². The summed E-state index contributed by atoms with van der Waals surface area (Å²) >= 11 is 0. The van der Waals surface area contributed by atoms with E-state index in [-0.39, 0.29) is 6.04 Å². The molecule has 2 heterocycles. The molecule has 0 saturated carbocycles. The van der Waals surface area contributed by atoms with E-state index in [0.717, 1.165) is 36.1 Å². The third-order valence-corrected chi connectivity index (χ3v) is 4.34. The van der Waals surface area contributed by atoms with Gasteiger partial charge in [0.05, 0.1) is 11.4 Å². The van der Waals surface area contributed by atoms with Crippen molar-refractivity contribution in [3.8, 4) is 0 Å². The summed E-state index contributed by atoms with van der Waals surface area (Å²) in [5, 5.41) is 11.2. The van der Waals surface area contributed by atoms with Gasteiger partial charge in [-0.25, -0.2) is 9.98 Å². The first-order chi connectivity index (χ1) is 11.8. The first-order valence-electron chi connectivity index (χ1n) is 8.78. The molecule has 25 heavy (non-hydrogen) atoms. The molecule has 1 unspecified atom stereocenters. The lowest BCUT2D eigenvalue weighted by molar-refractivity contribution is 0.472. The summed E-state index contributed by atoms with van der Waals surface area (Å²) in [4.78, 5) is 8.96. The normalized spacial score (nSPS) is 13.2. The average Bonchev–Trinajstić information content (AvgIpc) is 2.98. The number of aliphatic imine (C=N–C) groups is 1. The van der Waals surface area contributed by atoms with Crippen LogP contribution >= 0.6 is 0 Å². The van der Waals surface area contributed by atoms with Gasteiger partial charge in [0.15, 0.2) is 5.96 Å². The molecule has 2 N–H and O–H groups in total. The Morgan fingerprint density at radius 1 is 1.24 bits per heavy atom. The minimum Gasteiger partial charge on any atom is -0.444 e. The van der Waals surface area contributed by atoms with E-state index >= 15 is 0 Å². The van der Waals surface area contributed by atoms with E-state index in [0.29, 0.717) is 12.4 Å². The highest BCUT2D eigenvalue weighted by molar-refractivity contribution is 5.80. The third kappa shape index (κ3) is 4.84. The molecule has 7 heteroatoms. The van der Waals surface area contributed by atoms with Gasteiger partial charge < -0.3 is 15.1 Å². The van der Waals surface area contributed by atoms with Crippen molar-refractivity contribution in [1.29, 1.82) is 0 Å². The molecular formula is C18H30N6O. The van der Waals surface area contributed by atoms with Gasteiger partial charge in [0.2, 0.25) is 5.89 Å². The number of nitrogens with zero attached hydrogens (tertiary/aromatic N) is 4. The molecule has 0 aromatic carbocycles. The molecule has 0 aliphatic carbocycles. The quantitative estimate of drug-likeness (QED) is 0.620. The lowest BCUT2D eigenvalue weighted by atomic mass is 10.1. The number of nitrogens with one attached hydrogen (secondary N) is 2. The minimum absolute atomic E-state index is 0.229. The van der Waals surface area contributed by atoms with Gasteiger partial charge in [-0.15, -0.1) is 0 Å². The lowest BCUT2D eigenvalue weighted by Gasteiger charge is -2.18. The van der Waals surface area contributed by atoms with Crippen LogP contribution in [0.15, 0.2) is 9.41 Å².